The van der Waals surface area contributed by atoms with Gasteiger partial charge in [-0.3, -0.25) is 4.79 Å². The van der Waals surface area contributed by atoms with E-state index >= 15 is 0 Å². The first-order chi connectivity index (χ1) is 13.6. The number of rotatable bonds is 5. The normalized spacial score (nSPS) is 18.3. The van der Waals surface area contributed by atoms with Gasteiger partial charge in [-0.25, -0.2) is 22.0 Å². The first-order valence-electron chi connectivity index (χ1n) is 8.77. The van der Waals surface area contributed by atoms with Crippen molar-refractivity contribution in [3.05, 3.63) is 53.6 Å². The Morgan fingerprint density at radius 3 is 2.17 bits per heavy atom. The van der Waals surface area contributed by atoms with Crippen molar-refractivity contribution in [1.29, 1.82) is 0 Å². The summed E-state index contributed by atoms with van der Waals surface area (Å²) in [6.07, 6.45) is 1.10. The number of primary sulfonamides is 1. The summed E-state index contributed by atoms with van der Waals surface area (Å²) in [6, 6.07) is 11.3. The van der Waals surface area contributed by atoms with Gasteiger partial charge in [0.15, 0.2) is 0 Å². The molecule has 0 aromatic heterocycles. The maximum absolute atomic E-state index is 12.8. The van der Waals surface area contributed by atoms with Crippen molar-refractivity contribution in [1.82, 2.24) is 4.31 Å². The standard InChI is InChI=1S/C18H20ClN3O5S2/c19-14-3-7-17(8-4-14)29(26,27)22-11-1-2-13(12-22)18(23)21-15-5-9-16(10-6-15)28(20,24)25/h3-10,13H,1-2,11-12H2,(H,21,23)(H2,20,24,25). The molecule has 1 unspecified atom stereocenters. The summed E-state index contributed by atoms with van der Waals surface area (Å²) in [5.41, 5.74) is 0.403. The number of benzene rings is 2. The molecule has 3 N–H and O–H groups in total. The van der Waals surface area contributed by atoms with Gasteiger partial charge in [0, 0.05) is 23.8 Å². The molecule has 0 saturated carbocycles. The Kier molecular flexibility index (Phi) is 6.30. The molecule has 1 aliphatic rings. The molecule has 2 aromatic rings. The largest absolute Gasteiger partial charge is 0.326 e. The van der Waals surface area contributed by atoms with Crippen LogP contribution in [0, 0.1) is 5.92 Å². The molecule has 11 heteroatoms. The summed E-state index contributed by atoms with van der Waals surface area (Å²) >= 11 is 5.82. The van der Waals surface area contributed by atoms with Crippen LogP contribution in [-0.2, 0) is 24.8 Å². The minimum absolute atomic E-state index is 0.0616. The molecule has 0 aliphatic carbocycles. The fourth-order valence-corrected chi connectivity index (χ4v) is 5.27. The van der Waals surface area contributed by atoms with Crippen molar-refractivity contribution >= 4 is 43.2 Å². The van der Waals surface area contributed by atoms with Crippen LogP contribution in [0.5, 0.6) is 0 Å². The zero-order chi connectivity index (χ0) is 21.2. The molecule has 1 amide bonds. The third-order valence-electron chi connectivity index (χ3n) is 4.66. The van der Waals surface area contributed by atoms with E-state index in [9.17, 15) is 21.6 Å². The number of piperidine rings is 1. The van der Waals surface area contributed by atoms with Crippen LogP contribution >= 0.6 is 11.6 Å². The lowest BCUT2D eigenvalue weighted by atomic mass is 9.99. The summed E-state index contributed by atoms with van der Waals surface area (Å²) in [4.78, 5) is 12.7. The Bertz CT molecular complexity index is 1100. The number of amides is 1. The maximum Gasteiger partial charge on any atom is 0.243 e. The van der Waals surface area contributed by atoms with Crippen LogP contribution in [0.3, 0.4) is 0 Å². The average Bonchev–Trinajstić information content (AvgIpc) is 2.68. The van der Waals surface area contributed by atoms with E-state index in [0.717, 1.165) is 0 Å². The van der Waals surface area contributed by atoms with Gasteiger partial charge in [-0.05, 0) is 61.4 Å². The topological polar surface area (TPSA) is 127 Å². The van der Waals surface area contributed by atoms with E-state index in [1.54, 1.807) is 0 Å². The predicted octanol–water partition coefficient (Wildman–Crippen LogP) is 2.03. The Balaban J connectivity index is 1.70. The lowest BCUT2D eigenvalue weighted by molar-refractivity contribution is -0.120. The van der Waals surface area contributed by atoms with E-state index in [1.165, 1.54) is 52.8 Å². The average molecular weight is 458 g/mol. The first-order valence-corrected chi connectivity index (χ1v) is 12.1. The number of anilines is 1. The molecule has 8 nitrogen and oxygen atoms in total. The molecule has 1 aliphatic heterocycles. The van der Waals surface area contributed by atoms with Crippen molar-refractivity contribution in [2.24, 2.45) is 11.1 Å². The molecule has 3 rings (SSSR count). The molecular formula is C18H20ClN3O5S2. The molecule has 0 radical (unpaired) electrons. The summed E-state index contributed by atoms with van der Waals surface area (Å²) in [7, 11) is -7.54. The van der Waals surface area contributed by atoms with Gasteiger partial charge in [-0.1, -0.05) is 11.6 Å². The number of carbonyl (C=O) groups excluding carboxylic acids is 1. The lowest BCUT2D eigenvalue weighted by Crippen LogP contribution is -2.43. The Hall–Kier alpha value is -1.98. The third kappa shape index (κ3) is 5.14. The van der Waals surface area contributed by atoms with Crippen molar-refractivity contribution in [3.63, 3.8) is 0 Å². The number of sulfonamides is 2. The lowest BCUT2D eigenvalue weighted by Gasteiger charge is -2.31. The van der Waals surface area contributed by atoms with Crippen molar-refractivity contribution in [2.45, 2.75) is 22.6 Å². The van der Waals surface area contributed by atoms with Gasteiger partial charge in [0.05, 0.1) is 15.7 Å². The third-order valence-corrected chi connectivity index (χ3v) is 7.72. The fourth-order valence-electron chi connectivity index (χ4n) is 3.10. The minimum atomic E-state index is -3.82. The number of nitrogens with zero attached hydrogens (tertiary/aromatic N) is 1. The van der Waals surface area contributed by atoms with Gasteiger partial charge >= 0.3 is 0 Å². The second kappa shape index (κ2) is 8.41. The number of nitrogens with two attached hydrogens (primary N) is 1. The zero-order valence-corrected chi connectivity index (χ0v) is 17.7. The molecule has 0 bridgehead atoms. The SMILES string of the molecule is NS(=O)(=O)c1ccc(NC(=O)C2CCCN(S(=O)(=O)c3ccc(Cl)cc3)C2)cc1. The van der Waals surface area contributed by atoms with Crippen molar-refractivity contribution < 1.29 is 21.6 Å². The van der Waals surface area contributed by atoms with Gasteiger partial charge in [0.25, 0.3) is 0 Å². The molecule has 1 heterocycles. The summed E-state index contributed by atoms with van der Waals surface area (Å²) < 4.78 is 49.6. The van der Waals surface area contributed by atoms with Crippen LogP contribution in [0.2, 0.25) is 5.02 Å². The molecule has 156 valence electrons. The molecule has 0 spiro atoms. The Labute approximate surface area is 174 Å². The molecule has 29 heavy (non-hydrogen) atoms. The van der Waals surface area contributed by atoms with Crippen molar-refractivity contribution in [2.75, 3.05) is 18.4 Å². The van der Waals surface area contributed by atoms with E-state index < -0.39 is 26.0 Å². The summed E-state index contributed by atoms with van der Waals surface area (Å²) in [6.45, 7) is 0.393. The quantitative estimate of drug-likeness (QED) is 0.710. The number of carbonyl (C=O) groups is 1. The molecule has 1 fully saturated rings. The van der Waals surface area contributed by atoms with Gasteiger partial charge in [0.2, 0.25) is 26.0 Å². The summed E-state index contributed by atoms with van der Waals surface area (Å²) in [5, 5.41) is 8.19. The number of hydrogen-bond donors (Lipinski definition) is 2. The van der Waals surface area contributed by atoms with E-state index in [1.807, 2.05) is 0 Å². The summed E-state index contributed by atoms with van der Waals surface area (Å²) in [5.74, 6) is -0.854. The van der Waals surface area contributed by atoms with Crippen LogP contribution in [0.4, 0.5) is 5.69 Å². The second-order valence-corrected chi connectivity index (χ2v) is 10.7. The van der Waals surface area contributed by atoms with Crippen LogP contribution in [-0.4, -0.2) is 40.1 Å². The van der Waals surface area contributed by atoms with E-state index in [2.05, 4.69) is 5.32 Å². The minimum Gasteiger partial charge on any atom is -0.326 e. The van der Waals surface area contributed by atoms with Crippen LogP contribution in [0.25, 0.3) is 0 Å². The van der Waals surface area contributed by atoms with Gasteiger partial charge in [0.1, 0.15) is 0 Å². The molecular weight excluding hydrogens is 438 g/mol. The first kappa shape index (κ1) is 21.7. The highest BCUT2D eigenvalue weighted by molar-refractivity contribution is 7.89. The van der Waals surface area contributed by atoms with Gasteiger partial charge in [-0.15, -0.1) is 0 Å². The van der Waals surface area contributed by atoms with Gasteiger partial charge in [-0.2, -0.15) is 4.31 Å². The Morgan fingerprint density at radius 1 is 1.00 bits per heavy atom. The van der Waals surface area contributed by atoms with Gasteiger partial charge < -0.3 is 5.32 Å². The number of halogens is 1. The van der Waals surface area contributed by atoms with E-state index in [0.29, 0.717) is 30.1 Å². The predicted molar refractivity (Wildman–Crippen MR) is 109 cm³/mol. The zero-order valence-electron chi connectivity index (χ0n) is 15.3. The number of hydrogen-bond acceptors (Lipinski definition) is 5. The molecule has 2 aromatic carbocycles. The van der Waals surface area contributed by atoms with Crippen LogP contribution in [0.15, 0.2) is 58.3 Å². The van der Waals surface area contributed by atoms with E-state index in [4.69, 9.17) is 16.7 Å². The maximum atomic E-state index is 12.8. The smallest absolute Gasteiger partial charge is 0.243 e. The highest BCUT2D eigenvalue weighted by Gasteiger charge is 2.33. The van der Waals surface area contributed by atoms with E-state index in [-0.39, 0.29) is 22.2 Å². The second-order valence-electron chi connectivity index (χ2n) is 6.71. The number of nitrogens with one attached hydrogen (secondary N) is 1. The highest BCUT2D eigenvalue weighted by Crippen LogP contribution is 2.25. The van der Waals surface area contributed by atoms with Crippen molar-refractivity contribution in [3.8, 4) is 0 Å². The Morgan fingerprint density at radius 2 is 1.59 bits per heavy atom. The highest BCUT2D eigenvalue weighted by atomic mass is 35.5. The van der Waals surface area contributed by atoms with Crippen LogP contribution in [0.1, 0.15) is 12.8 Å². The van der Waals surface area contributed by atoms with Crippen LogP contribution < -0.4 is 10.5 Å². The monoisotopic (exact) mass is 457 g/mol. The molecule has 1 atom stereocenters. The fraction of sp³-hybridized carbons (Fsp3) is 0.278. The molecule has 1 saturated heterocycles.